The second kappa shape index (κ2) is 7.97. The maximum absolute atomic E-state index is 11.6. The highest BCUT2D eigenvalue weighted by Gasteiger charge is 2.24. The highest BCUT2D eigenvalue weighted by atomic mass is 16.5. The number of Topliss-reactive ketones (excluding diaryl/α,β-unsaturated/α-hetero) is 1. The molecule has 0 N–H and O–H groups in total. The van der Waals surface area contributed by atoms with E-state index < -0.39 is 11.9 Å². The molecular formula is C12H18O3. The van der Waals surface area contributed by atoms with Gasteiger partial charge in [-0.3, -0.25) is 9.59 Å². The molecule has 0 radical (unpaired) electrons. The van der Waals surface area contributed by atoms with Crippen LogP contribution in [0.2, 0.25) is 0 Å². The molecule has 1 atom stereocenters. The van der Waals surface area contributed by atoms with Gasteiger partial charge < -0.3 is 4.74 Å². The van der Waals surface area contributed by atoms with Crippen LogP contribution < -0.4 is 0 Å². The quantitative estimate of drug-likeness (QED) is 0.368. The van der Waals surface area contributed by atoms with Crippen molar-refractivity contribution < 1.29 is 14.3 Å². The average Bonchev–Trinajstić information content (AvgIpc) is 2.25. The summed E-state index contributed by atoms with van der Waals surface area (Å²) < 4.78 is 4.57. The summed E-state index contributed by atoms with van der Waals surface area (Å²) in [5.74, 6) is -1.24. The number of carbonyl (C=O) groups is 2. The van der Waals surface area contributed by atoms with Crippen LogP contribution in [0.4, 0.5) is 0 Å². The first-order valence-corrected chi connectivity index (χ1v) is 5.00. The predicted octanol–water partition coefficient (Wildman–Crippen LogP) is 2.28. The van der Waals surface area contributed by atoms with Gasteiger partial charge in [-0.1, -0.05) is 18.2 Å². The molecule has 0 bridgehead atoms. The van der Waals surface area contributed by atoms with Crippen LogP contribution in [0.25, 0.3) is 0 Å². The fourth-order valence-electron chi connectivity index (χ4n) is 1.23. The van der Waals surface area contributed by atoms with Gasteiger partial charge in [-0.15, -0.1) is 6.58 Å². The van der Waals surface area contributed by atoms with Crippen molar-refractivity contribution in [2.24, 2.45) is 5.92 Å². The summed E-state index contributed by atoms with van der Waals surface area (Å²) >= 11 is 0. The molecule has 0 aliphatic carbocycles. The first kappa shape index (κ1) is 13.6. The maximum Gasteiger partial charge on any atom is 0.316 e. The number of hydrogen-bond acceptors (Lipinski definition) is 3. The van der Waals surface area contributed by atoms with Crippen molar-refractivity contribution in [1.82, 2.24) is 0 Å². The molecule has 0 saturated carbocycles. The van der Waals surface area contributed by atoms with Crippen LogP contribution in [0.15, 0.2) is 24.8 Å². The Morgan fingerprint density at radius 2 is 2.13 bits per heavy atom. The van der Waals surface area contributed by atoms with Crippen LogP contribution >= 0.6 is 0 Å². The molecule has 84 valence electrons. The Bertz CT molecular complexity index is 254. The van der Waals surface area contributed by atoms with Crippen LogP contribution in [-0.2, 0) is 14.3 Å². The zero-order valence-corrected chi connectivity index (χ0v) is 9.36. The summed E-state index contributed by atoms with van der Waals surface area (Å²) in [7, 11) is 1.29. The van der Waals surface area contributed by atoms with Gasteiger partial charge in [0.15, 0.2) is 0 Å². The van der Waals surface area contributed by atoms with Crippen molar-refractivity contribution in [3.8, 4) is 0 Å². The minimum absolute atomic E-state index is 0.0835. The minimum atomic E-state index is -0.683. The Hall–Kier alpha value is -1.38. The van der Waals surface area contributed by atoms with Gasteiger partial charge in [0.05, 0.1) is 7.11 Å². The lowest BCUT2D eigenvalue weighted by Crippen LogP contribution is -2.24. The van der Waals surface area contributed by atoms with Gasteiger partial charge in [-0.25, -0.2) is 0 Å². The first-order chi connectivity index (χ1) is 7.17. The first-order valence-electron chi connectivity index (χ1n) is 5.00. The van der Waals surface area contributed by atoms with Crippen molar-refractivity contribution in [2.75, 3.05) is 7.11 Å². The van der Waals surface area contributed by atoms with E-state index in [1.807, 2.05) is 19.1 Å². The Morgan fingerprint density at radius 3 is 2.60 bits per heavy atom. The lowest BCUT2D eigenvalue weighted by molar-refractivity contribution is -0.149. The molecule has 3 heteroatoms. The minimum Gasteiger partial charge on any atom is -0.468 e. The summed E-state index contributed by atoms with van der Waals surface area (Å²) in [6.07, 6.45) is 6.74. The molecule has 0 aromatic heterocycles. The molecule has 0 aliphatic rings. The van der Waals surface area contributed by atoms with Gasteiger partial charge in [-0.2, -0.15) is 0 Å². The fourth-order valence-corrected chi connectivity index (χ4v) is 1.23. The second-order valence-corrected chi connectivity index (χ2v) is 3.17. The third-order valence-electron chi connectivity index (χ3n) is 2.07. The lowest BCUT2D eigenvalue weighted by Gasteiger charge is -2.10. The number of carbonyl (C=O) groups excluding carboxylic acids is 2. The molecule has 0 heterocycles. The van der Waals surface area contributed by atoms with Crippen molar-refractivity contribution in [1.29, 1.82) is 0 Å². The van der Waals surface area contributed by atoms with Crippen molar-refractivity contribution in [3.05, 3.63) is 24.8 Å². The maximum atomic E-state index is 11.6. The summed E-state index contributed by atoms with van der Waals surface area (Å²) in [5.41, 5.74) is 0. The third-order valence-corrected chi connectivity index (χ3v) is 2.07. The standard InChI is InChI=1S/C12H18O3/c1-4-6-7-9-11(13)10(8-5-2)12(14)15-3/h4-6,10H,2,7-9H2,1,3H3. The van der Waals surface area contributed by atoms with Crippen LogP contribution in [0.3, 0.4) is 0 Å². The largest absolute Gasteiger partial charge is 0.468 e. The van der Waals surface area contributed by atoms with E-state index in [-0.39, 0.29) is 5.78 Å². The van der Waals surface area contributed by atoms with Crippen molar-refractivity contribution >= 4 is 11.8 Å². The van der Waals surface area contributed by atoms with Crippen LogP contribution in [0.5, 0.6) is 0 Å². The summed E-state index contributed by atoms with van der Waals surface area (Å²) in [4.78, 5) is 22.9. The lowest BCUT2D eigenvalue weighted by atomic mass is 9.97. The molecule has 0 rings (SSSR count). The molecule has 15 heavy (non-hydrogen) atoms. The Kier molecular flexibility index (Phi) is 7.24. The Morgan fingerprint density at radius 1 is 1.47 bits per heavy atom. The van der Waals surface area contributed by atoms with Gasteiger partial charge in [0, 0.05) is 6.42 Å². The smallest absolute Gasteiger partial charge is 0.316 e. The van der Waals surface area contributed by atoms with Gasteiger partial charge in [0.1, 0.15) is 11.7 Å². The predicted molar refractivity (Wildman–Crippen MR) is 59.4 cm³/mol. The van der Waals surface area contributed by atoms with E-state index in [4.69, 9.17) is 0 Å². The summed E-state index contributed by atoms with van der Waals surface area (Å²) in [5, 5.41) is 0. The van der Waals surface area contributed by atoms with Crippen molar-refractivity contribution in [3.63, 3.8) is 0 Å². The highest BCUT2D eigenvalue weighted by molar-refractivity contribution is 5.99. The van der Waals surface area contributed by atoms with Gasteiger partial charge in [0.25, 0.3) is 0 Å². The molecule has 0 aromatic rings. The number of ketones is 1. The van der Waals surface area contributed by atoms with E-state index >= 15 is 0 Å². The van der Waals surface area contributed by atoms with Crippen molar-refractivity contribution in [2.45, 2.75) is 26.2 Å². The molecule has 0 amide bonds. The molecule has 1 unspecified atom stereocenters. The van der Waals surface area contributed by atoms with E-state index in [9.17, 15) is 9.59 Å². The molecule has 0 saturated heterocycles. The number of allylic oxidation sites excluding steroid dienone is 3. The van der Waals surface area contributed by atoms with E-state index in [0.717, 1.165) is 0 Å². The monoisotopic (exact) mass is 210 g/mol. The van der Waals surface area contributed by atoms with E-state index in [2.05, 4.69) is 11.3 Å². The van der Waals surface area contributed by atoms with E-state index in [1.54, 1.807) is 6.08 Å². The Labute approximate surface area is 90.8 Å². The number of methoxy groups -OCH3 is 1. The number of rotatable bonds is 7. The number of hydrogen-bond donors (Lipinski definition) is 0. The zero-order chi connectivity index (χ0) is 11.7. The molecule has 0 fully saturated rings. The SMILES string of the molecule is C=CCC(C(=O)CCC=CC)C(=O)OC. The normalized spacial score (nSPS) is 12.4. The Balaban J connectivity index is 4.28. The molecule has 0 aromatic carbocycles. The summed E-state index contributed by atoms with van der Waals surface area (Å²) in [6.45, 7) is 5.42. The third kappa shape index (κ3) is 5.15. The second-order valence-electron chi connectivity index (χ2n) is 3.17. The number of ether oxygens (including phenoxy) is 1. The fraction of sp³-hybridized carbons (Fsp3) is 0.500. The zero-order valence-electron chi connectivity index (χ0n) is 9.36. The van der Waals surface area contributed by atoms with E-state index in [1.165, 1.54) is 7.11 Å². The van der Waals surface area contributed by atoms with Gasteiger partial charge in [0.2, 0.25) is 0 Å². The van der Waals surface area contributed by atoms with Crippen LogP contribution in [0.1, 0.15) is 26.2 Å². The molecule has 0 aliphatic heterocycles. The van der Waals surface area contributed by atoms with Gasteiger partial charge in [-0.05, 0) is 19.8 Å². The highest BCUT2D eigenvalue weighted by Crippen LogP contribution is 2.11. The average molecular weight is 210 g/mol. The molecule has 0 spiro atoms. The van der Waals surface area contributed by atoms with Crippen LogP contribution in [0, 0.1) is 5.92 Å². The molecular weight excluding hydrogens is 192 g/mol. The van der Waals surface area contributed by atoms with Gasteiger partial charge >= 0.3 is 5.97 Å². The summed E-state index contributed by atoms with van der Waals surface area (Å²) in [6, 6.07) is 0. The topological polar surface area (TPSA) is 43.4 Å². The number of esters is 1. The molecule has 3 nitrogen and oxygen atoms in total. The van der Waals surface area contributed by atoms with E-state index in [0.29, 0.717) is 19.3 Å². The van der Waals surface area contributed by atoms with Crippen LogP contribution in [-0.4, -0.2) is 18.9 Å².